The summed E-state index contributed by atoms with van der Waals surface area (Å²) in [7, 11) is 0. The van der Waals surface area contributed by atoms with Crippen molar-refractivity contribution in [2.24, 2.45) is 0 Å². The number of aromatic nitrogens is 2. The molecule has 1 aromatic heterocycles. The third-order valence-corrected chi connectivity index (χ3v) is 4.42. The van der Waals surface area contributed by atoms with Gasteiger partial charge in [-0.2, -0.15) is 10.4 Å². The zero-order valence-corrected chi connectivity index (χ0v) is 16.6. The molecule has 6 heteroatoms. The van der Waals surface area contributed by atoms with Crippen molar-refractivity contribution in [2.45, 2.75) is 20.8 Å². The van der Waals surface area contributed by atoms with Crippen molar-refractivity contribution in [3.05, 3.63) is 77.1 Å². The molecule has 0 radical (unpaired) electrons. The van der Waals surface area contributed by atoms with Gasteiger partial charge in [-0.15, -0.1) is 0 Å². The molecule has 0 saturated heterocycles. The number of hydrogen-bond acceptors (Lipinski definition) is 4. The summed E-state index contributed by atoms with van der Waals surface area (Å²) >= 11 is 0. The molecule has 0 fully saturated rings. The Hall–Kier alpha value is -3.85. The summed E-state index contributed by atoms with van der Waals surface area (Å²) in [4.78, 5) is 12.5. The fourth-order valence-electron chi connectivity index (χ4n) is 3.03. The molecular formula is C23H22N4O2. The Bertz CT molecular complexity index is 1090. The second-order valence-corrected chi connectivity index (χ2v) is 6.41. The number of nitrogens with one attached hydrogen (secondary N) is 1. The number of hydrogen-bond donors (Lipinski definition) is 1. The number of ether oxygens (including phenoxy) is 1. The van der Waals surface area contributed by atoms with Gasteiger partial charge >= 0.3 is 0 Å². The van der Waals surface area contributed by atoms with Crippen LogP contribution in [0, 0.1) is 25.2 Å². The van der Waals surface area contributed by atoms with Crippen molar-refractivity contribution < 1.29 is 9.53 Å². The molecule has 6 nitrogen and oxygen atoms in total. The van der Waals surface area contributed by atoms with Crippen LogP contribution in [-0.2, 0) is 4.79 Å². The molecule has 146 valence electrons. The molecule has 2 aromatic carbocycles. The number of amides is 1. The minimum Gasteiger partial charge on any atom is -0.492 e. The van der Waals surface area contributed by atoms with Gasteiger partial charge in [0, 0.05) is 17.3 Å². The Labute approximate surface area is 170 Å². The quantitative estimate of drug-likeness (QED) is 0.636. The lowest BCUT2D eigenvalue weighted by atomic mass is 10.1. The van der Waals surface area contributed by atoms with Crippen molar-refractivity contribution in [3.8, 4) is 17.5 Å². The summed E-state index contributed by atoms with van der Waals surface area (Å²) in [5.41, 5.74) is 4.54. The van der Waals surface area contributed by atoms with Crippen LogP contribution >= 0.6 is 0 Å². The van der Waals surface area contributed by atoms with E-state index in [4.69, 9.17) is 10.00 Å². The van der Waals surface area contributed by atoms with E-state index >= 15 is 0 Å². The number of anilines is 1. The van der Waals surface area contributed by atoms with E-state index in [-0.39, 0.29) is 5.91 Å². The largest absolute Gasteiger partial charge is 0.492 e. The average molecular weight is 386 g/mol. The summed E-state index contributed by atoms with van der Waals surface area (Å²) in [6, 6.07) is 16.8. The normalized spacial score (nSPS) is 10.7. The summed E-state index contributed by atoms with van der Waals surface area (Å²) in [5.74, 6) is 0.213. The Kier molecular flexibility index (Phi) is 6.10. The molecule has 0 aliphatic carbocycles. The summed E-state index contributed by atoms with van der Waals surface area (Å²) in [6.45, 7) is 6.20. The average Bonchev–Trinajstić information content (AvgIpc) is 3.02. The van der Waals surface area contributed by atoms with Crippen LogP contribution in [-0.4, -0.2) is 22.3 Å². The molecule has 29 heavy (non-hydrogen) atoms. The SMILES string of the molecule is CCOc1ccc(C#N)cc1NC(=O)C=Cc1c(C)nn(-c2ccccc2)c1C. The van der Waals surface area contributed by atoms with Crippen molar-refractivity contribution in [3.63, 3.8) is 0 Å². The van der Waals surface area contributed by atoms with Crippen LogP contribution in [0.2, 0.25) is 0 Å². The number of aryl methyl sites for hydroxylation is 1. The number of para-hydroxylation sites is 1. The Morgan fingerprint density at radius 3 is 2.69 bits per heavy atom. The van der Waals surface area contributed by atoms with Gasteiger partial charge in [-0.25, -0.2) is 4.68 Å². The smallest absolute Gasteiger partial charge is 0.248 e. The highest BCUT2D eigenvalue weighted by atomic mass is 16.5. The van der Waals surface area contributed by atoms with E-state index in [1.807, 2.05) is 55.8 Å². The molecule has 1 amide bonds. The Balaban J connectivity index is 1.82. The number of rotatable bonds is 6. The highest BCUT2D eigenvalue weighted by Crippen LogP contribution is 2.26. The second kappa shape index (κ2) is 8.89. The van der Waals surface area contributed by atoms with Crippen molar-refractivity contribution in [1.29, 1.82) is 5.26 Å². The molecular weight excluding hydrogens is 364 g/mol. The van der Waals surface area contributed by atoms with Gasteiger partial charge in [-0.3, -0.25) is 4.79 Å². The molecule has 0 bridgehead atoms. The summed E-state index contributed by atoms with van der Waals surface area (Å²) < 4.78 is 7.39. The number of nitriles is 1. The van der Waals surface area contributed by atoms with Gasteiger partial charge in [0.25, 0.3) is 0 Å². The monoisotopic (exact) mass is 386 g/mol. The molecule has 0 spiro atoms. The van der Waals surface area contributed by atoms with E-state index in [0.29, 0.717) is 23.6 Å². The fourth-order valence-corrected chi connectivity index (χ4v) is 3.03. The lowest BCUT2D eigenvalue weighted by molar-refractivity contribution is -0.111. The molecule has 3 rings (SSSR count). The highest BCUT2D eigenvalue weighted by Gasteiger charge is 2.12. The van der Waals surface area contributed by atoms with Crippen LogP contribution in [0.15, 0.2) is 54.6 Å². The van der Waals surface area contributed by atoms with E-state index in [9.17, 15) is 4.79 Å². The van der Waals surface area contributed by atoms with Crippen LogP contribution in [0.4, 0.5) is 5.69 Å². The topological polar surface area (TPSA) is 79.9 Å². The van der Waals surface area contributed by atoms with Gasteiger partial charge in [0.1, 0.15) is 5.75 Å². The summed E-state index contributed by atoms with van der Waals surface area (Å²) in [6.07, 6.45) is 3.21. The minimum absolute atomic E-state index is 0.313. The molecule has 0 aliphatic rings. The zero-order valence-electron chi connectivity index (χ0n) is 16.6. The minimum atomic E-state index is -0.313. The first kappa shape index (κ1) is 19.9. The maximum Gasteiger partial charge on any atom is 0.248 e. The van der Waals surface area contributed by atoms with Crippen molar-refractivity contribution >= 4 is 17.7 Å². The zero-order chi connectivity index (χ0) is 20.8. The van der Waals surface area contributed by atoms with Crippen LogP contribution in [0.3, 0.4) is 0 Å². The van der Waals surface area contributed by atoms with E-state index in [1.165, 1.54) is 6.08 Å². The predicted molar refractivity (Wildman–Crippen MR) is 113 cm³/mol. The Morgan fingerprint density at radius 2 is 2.00 bits per heavy atom. The van der Waals surface area contributed by atoms with E-state index in [1.54, 1.807) is 24.3 Å². The van der Waals surface area contributed by atoms with Crippen LogP contribution < -0.4 is 10.1 Å². The first-order valence-electron chi connectivity index (χ1n) is 9.31. The van der Waals surface area contributed by atoms with Gasteiger partial charge in [0.2, 0.25) is 5.91 Å². The maximum atomic E-state index is 12.5. The molecule has 0 atom stereocenters. The summed E-state index contributed by atoms with van der Waals surface area (Å²) in [5, 5.41) is 16.5. The van der Waals surface area contributed by atoms with Gasteiger partial charge in [-0.05, 0) is 57.2 Å². The lowest BCUT2D eigenvalue weighted by Crippen LogP contribution is -2.10. The molecule has 1 N–H and O–H groups in total. The fraction of sp³-hybridized carbons (Fsp3) is 0.174. The van der Waals surface area contributed by atoms with Crippen molar-refractivity contribution in [2.75, 3.05) is 11.9 Å². The first-order chi connectivity index (χ1) is 14.0. The third kappa shape index (κ3) is 4.53. The predicted octanol–water partition coefficient (Wildman–Crippen LogP) is 4.41. The van der Waals surface area contributed by atoms with Gasteiger partial charge < -0.3 is 10.1 Å². The number of nitrogens with zero attached hydrogens (tertiary/aromatic N) is 3. The van der Waals surface area contributed by atoms with Gasteiger partial charge in [0.05, 0.1) is 35.3 Å². The van der Waals surface area contributed by atoms with E-state index in [2.05, 4.69) is 16.5 Å². The van der Waals surface area contributed by atoms with Gasteiger partial charge in [0.15, 0.2) is 0 Å². The van der Waals surface area contributed by atoms with Crippen molar-refractivity contribution in [1.82, 2.24) is 9.78 Å². The second-order valence-electron chi connectivity index (χ2n) is 6.41. The molecule has 0 unspecified atom stereocenters. The lowest BCUT2D eigenvalue weighted by Gasteiger charge is -2.10. The van der Waals surface area contributed by atoms with E-state index < -0.39 is 0 Å². The molecule has 1 heterocycles. The van der Waals surface area contributed by atoms with E-state index in [0.717, 1.165) is 22.6 Å². The number of benzene rings is 2. The van der Waals surface area contributed by atoms with Crippen LogP contribution in [0.25, 0.3) is 11.8 Å². The molecule has 0 aliphatic heterocycles. The molecule has 0 saturated carbocycles. The number of carbonyl (C=O) groups is 1. The highest BCUT2D eigenvalue weighted by molar-refractivity contribution is 6.03. The third-order valence-electron chi connectivity index (χ3n) is 4.42. The molecule has 3 aromatic rings. The van der Waals surface area contributed by atoms with Gasteiger partial charge in [-0.1, -0.05) is 18.2 Å². The standard InChI is InChI=1S/C23H22N4O2/c1-4-29-22-12-10-18(15-24)14-21(22)25-23(28)13-11-20-16(2)26-27(17(20)3)19-8-6-5-7-9-19/h5-14H,4H2,1-3H3,(H,25,28). The Morgan fingerprint density at radius 1 is 1.24 bits per heavy atom. The maximum absolute atomic E-state index is 12.5. The first-order valence-corrected chi connectivity index (χ1v) is 9.31. The van der Waals surface area contributed by atoms with Crippen LogP contribution in [0.5, 0.6) is 5.75 Å². The number of carbonyl (C=O) groups excluding carboxylic acids is 1. The van der Waals surface area contributed by atoms with Crippen LogP contribution in [0.1, 0.15) is 29.4 Å².